The first-order valence-electron chi connectivity index (χ1n) is 4.08. The van der Waals surface area contributed by atoms with Crippen LogP contribution in [-0.2, 0) is 7.05 Å². The van der Waals surface area contributed by atoms with E-state index >= 15 is 0 Å². The van der Waals surface area contributed by atoms with Gasteiger partial charge in [0.05, 0.1) is 5.69 Å². The van der Waals surface area contributed by atoms with Gasteiger partial charge in [-0.2, -0.15) is 0 Å². The Kier molecular flexibility index (Phi) is 1.77. The topological polar surface area (TPSA) is 37.8 Å². The van der Waals surface area contributed by atoms with Crippen LogP contribution in [0.3, 0.4) is 0 Å². The van der Waals surface area contributed by atoms with Gasteiger partial charge in [-0.1, -0.05) is 30.3 Å². The predicted molar refractivity (Wildman–Crippen MR) is 53.6 cm³/mol. The molecule has 0 bridgehead atoms. The van der Waals surface area contributed by atoms with E-state index in [1.807, 2.05) is 30.3 Å². The molecule has 2 aromatic rings. The van der Waals surface area contributed by atoms with Gasteiger partial charge in [0.15, 0.2) is 0 Å². The van der Waals surface area contributed by atoms with Crippen LogP contribution in [0.2, 0.25) is 0 Å². The van der Waals surface area contributed by atoms with Crippen molar-refractivity contribution >= 4 is 0 Å². The highest BCUT2D eigenvalue weighted by Crippen LogP contribution is 2.13. The van der Waals surface area contributed by atoms with Gasteiger partial charge in [-0.05, 0) is 5.56 Å². The average Bonchev–Trinajstić information content (AvgIpc) is 2.49. The molecule has 1 N–H and O–H groups in total. The fourth-order valence-electron chi connectivity index (χ4n) is 1.25. The number of imidazole rings is 1. The molecule has 3 heteroatoms. The van der Waals surface area contributed by atoms with E-state index in [0.717, 1.165) is 11.3 Å². The molecule has 0 fully saturated rings. The summed E-state index contributed by atoms with van der Waals surface area (Å²) >= 11 is 0. The minimum atomic E-state index is -0.0844. The van der Waals surface area contributed by atoms with Gasteiger partial charge in [-0.3, -0.25) is 0 Å². The maximum Gasteiger partial charge on any atom is 0.325 e. The Labute approximate surface area is 77.1 Å². The number of H-pyrrole nitrogens is 1. The highest BCUT2D eigenvalue weighted by Gasteiger charge is 2.00. The van der Waals surface area contributed by atoms with Gasteiger partial charge < -0.3 is 9.55 Å². The van der Waals surface area contributed by atoms with Gasteiger partial charge in [-0.15, -0.1) is 0 Å². The molecule has 0 unspecified atom stereocenters. The Balaban J connectivity index is 0.000000980. The van der Waals surface area contributed by atoms with Crippen molar-refractivity contribution in [3.63, 3.8) is 0 Å². The van der Waals surface area contributed by atoms with Crippen molar-refractivity contribution < 1.29 is 1.43 Å². The number of aryl methyl sites for hydroxylation is 1. The van der Waals surface area contributed by atoms with Crippen LogP contribution in [0.15, 0.2) is 41.3 Å². The van der Waals surface area contributed by atoms with Gasteiger partial charge in [0.2, 0.25) is 0 Å². The molecule has 0 amide bonds. The smallest absolute Gasteiger partial charge is 0.306 e. The summed E-state index contributed by atoms with van der Waals surface area (Å²) in [4.78, 5) is 13.9. The second-order valence-corrected chi connectivity index (χ2v) is 2.95. The summed E-state index contributed by atoms with van der Waals surface area (Å²) in [6, 6.07) is 9.77. The highest BCUT2D eigenvalue weighted by atomic mass is 16.1. The number of aromatic nitrogens is 2. The zero-order chi connectivity index (χ0) is 9.26. The standard InChI is InChI=1S/C10H10N2O.H2/c1-12-7-9(11-10(12)13)8-5-3-2-4-6-8;/h2-7H,1H3,(H,11,13);1H. The second-order valence-electron chi connectivity index (χ2n) is 2.95. The lowest BCUT2D eigenvalue weighted by atomic mass is 10.2. The number of aromatic amines is 1. The molecule has 0 spiro atoms. The number of rotatable bonds is 1. The quantitative estimate of drug-likeness (QED) is 0.704. The minimum Gasteiger partial charge on any atom is -0.306 e. The Hall–Kier alpha value is -1.77. The van der Waals surface area contributed by atoms with E-state index in [-0.39, 0.29) is 7.12 Å². The van der Waals surface area contributed by atoms with Gasteiger partial charge in [0, 0.05) is 14.7 Å². The first-order valence-corrected chi connectivity index (χ1v) is 4.08. The summed E-state index contributed by atoms with van der Waals surface area (Å²) in [7, 11) is 1.73. The highest BCUT2D eigenvalue weighted by molar-refractivity contribution is 5.57. The molecule has 0 atom stereocenters. The fourth-order valence-corrected chi connectivity index (χ4v) is 1.25. The van der Waals surface area contributed by atoms with E-state index < -0.39 is 0 Å². The molecule has 0 saturated carbocycles. The van der Waals surface area contributed by atoms with Crippen LogP contribution in [0.1, 0.15) is 1.43 Å². The van der Waals surface area contributed by atoms with E-state index in [1.165, 1.54) is 4.57 Å². The number of benzene rings is 1. The first-order chi connectivity index (χ1) is 6.27. The summed E-state index contributed by atoms with van der Waals surface area (Å²) < 4.78 is 1.53. The Morgan fingerprint density at radius 1 is 1.31 bits per heavy atom. The summed E-state index contributed by atoms with van der Waals surface area (Å²) in [6.45, 7) is 0. The van der Waals surface area contributed by atoms with Crippen molar-refractivity contribution in [3.05, 3.63) is 47.0 Å². The molecule has 0 aliphatic carbocycles. The zero-order valence-electron chi connectivity index (χ0n) is 7.32. The number of hydrogen-bond donors (Lipinski definition) is 1. The van der Waals surface area contributed by atoms with Gasteiger partial charge in [-0.25, -0.2) is 4.79 Å². The summed E-state index contributed by atoms with van der Waals surface area (Å²) in [6.07, 6.45) is 1.79. The van der Waals surface area contributed by atoms with E-state index in [9.17, 15) is 4.79 Å². The second kappa shape index (κ2) is 2.94. The van der Waals surface area contributed by atoms with Crippen LogP contribution >= 0.6 is 0 Å². The fraction of sp³-hybridized carbons (Fsp3) is 0.100. The molecule has 0 radical (unpaired) electrons. The van der Waals surface area contributed by atoms with Gasteiger partial charge in [0.1, 0.15) is 0 Å². The number of nitrogens with zero attached hydrogens (tertiary/aromatic N) is 1. The molecule has 1 aromatic heterocycles. The van der Waals surface area contributed by atoms with Crippen LogP contribution < -0.4 is 5.69 Å². The molecular weight excluding hydrogens is 164 g/mol. The van der Waals surface area contributed by atoms with Crippen molar-refractivity contribution in [2.75, 3.05) is 0 Å². The first kappa shape index (κ1) is 7.86. The molecule has 1 heterocycles. The van der Waals surface area contributed by atoms with E-state index in [4.69, 9.17) is 0 Å². The van der Waals surface area contributed by atoms with Gasteiger partial charge in [0.25, 0.3) is 0 Å². The van der Waals surface area contributed by atoms with E-state index in [1.54, 1.807) is 13.2 Å². The third-order valence-corrected chi connectivity index (χ3v) is 1.97. The number of nitrogens with one attached hydrogen (secondary N) is 1. The third kappa shape index (κ3) is 1.40. The van der Waals surface area contributed by atoms with Crippen molar-refractivity contribution in [2.45, 2.75) is 0 Å². The molecule has 0 aliphatic rings. The minimum absolute atomic E-state index is 0. The summed E-state index contributed by atoms with van der Waals surface area (Å²) in [5, 5.41) is 0. The Bertz CT molecular complexity index is 458. The molecule has 13 heavy (non-hydrogen) atoms. The SMILES string of the molecule is Cn1cc(-c2ccccc2)[nH]c1=O.[HH]. The third-order valence-electron chi connectivity index (χ3n) is 1.97. The number of hydrogen-bond acceptors (Lipinski definition) is 1. The summed E-state index contributed by atoms with van der Waals surface area (Å²) in [5.41, 5.74) is 1.80. The van der Waals surface area contributed by atoms with Crippen molar-refractivity contribution in [2.24, 2.45) is 7.05 Å². The van der Waals surface area contributed by atoms with E-state index in [0.29, 0.717) is 0 Å². The summed E-state index contributed by atoms with van der Waals surface area (Å²) in [5.74, 6) is 0. The maximum atomic E-state index is 11.1. The van der Waals surface area contributed by atoms with Crippen LogP contribution in [0.5, 0.6) is 0 Å². The monoisotopic (exact) mass is 176 g/mol. The molecule has 2 rings (SSSR count). The van der Waals surface area contributed by atoms with Crippen molar-refractivity contribution in [1.29, 1.82) is 0 Å². The van der Waals surface area contributed by atoms with Crippen LogP contribution in [0.25, 0.3) is 11.3 Å². The molecule has 1 aromatic carbocycles. The molecule has 0 aliphatic heterocycles. The molecular formula is C10H12N2O. The zero-order valence-corrected chi connectivity index (χ0v) is 7.32. The normalized spacial score (nSPS) is 10.2. The van der Waals surface area contributed by atoms with Crippen LogP contribution in [0, 0.1) is 0 Å². The lowest BCUT2D eigenvalue weighted by Crippen LogP contribution is -2.11. The molecule has 68 valence electrons. The van der Waals surface area contributed by atoms with Crippen molar-refractivity contribution in [1.82, 2.24) is 9.55 Å². The van der Waals surface area contributed by atoms with Gasteiger partial charge >= 0.3 is 5.69 Å². The van der Waals surface area contributed by atoms with E-state index in [2.05, 4.69) is 4.98 Å². The Morgan fingerprint density at radius 3 is 2.54 bits per heavy atom. The Morgan fingerprint density at radius 2 is 2.00 bits per heavy atom. The average molecular weight is 176 g/mol. The molecule has 3 nitrogen and oxygen atoms in total. The lowest BCUT2D eigenvalue weighted by molar-refractivity contribution is 0.862. The van der Waals surface area contributed by atoms with Crippen LogP contribution in [0.4, 0.5) is 0 Å². The predicted octanol–water partition coefficient (Wildman–Crippen LogP) is 1.63. The van der Waals surface area contributed by atoms with Crippen LogP contribution in [-0.4, -0.2) is 9.55 Å². The maximum absolute atomic E-state index is 11.1. The molecule has 0 saturated heterocycles. The lowest BCUT2D eigenvalue weighted by Gasteiger charge is -1.93. The largest absolute Gasteiger partial charge is 0.325 e. The van der Waals surface area contributed by atoms with Crippen molar-refractivity contribution in [3.8, 4) is 11.3 Å².